The molecule has 0 aliphatic carbocycles. The number of hydrogen-bond donors (Lipinski definition) is 2. The molecule has 0 saturated carbocycles. The molecule has 1 aromatic carbocycles. The topological polar surface area (TPSA) is 80.5 Å². The van der Waals surface area contributed by atoms with E-state index in [0.29, 0.717) is 22.8 Å². The van der Waals surface area contributed by atoms with E-state index in [2.05, 4.69) is 20.7 Å². The van der Waals surface area contributed by atoms with Crippen molar-refractivity contribution in [3.05, 3.63) is 54.1 Å². The third kappa shape index (κ3) is 4.72. The lowest BCUT2D eigenvalue weighted by atomic mass is 10.3. The molecule has 27 heavy (non-hydrogen) atoms. The third-order valence-corrected chi connectivity index (χ3v) is 3.75. The first-order valence-corrected chi connectivity index (χ1v) is 8.73. The molecule has 7 nitrogen and oxygen atoms in total. The molecule has 3 aromatic rings. The van der Waals surface area contributed by atoms with E-state index in [-0.39, 0.29) is 30.4 Å². The maximum atomic E-state index is 12.9. The summed E-state index contributed by atoms with van der Waals surface area (Å²) in [7, 11) is 0. The molecule has 0 radical (unpaired) electrons. The monoisotopic (exact) mass is 371 g/mol. The Morgan fingerprint density at radius 2 is 1.96 bits per heavy atom. The van der Waals surface area contributed by atoms with Crippen molar-refractivity contribution >= 4 is 17.4 Å². The molecule has 0 unspecified atom stereocenters. The summed E-state index contributed by atoms with van der Waals surface area (Å²) in [6, 6.07) is 7.78. The molecule has 0 saturated heterocycles. The van der Waals surface area contributed by atoms with Crippen molar-refractivity contribution in [3.63, 3.8) is 0 Å². The molecule has 0 aliphatic heterocycles. The van der Waals surface area contributed by atoms with Crippen LogP contribution in [0.4, 0.5) is 10.2 Å². The zero-order valence-electron chi connectivity index (χ0n) is 15.4. The normalized spacial score (nSPS) is 12.2. The molecule has 2 aromatic heterocycles. The summed E-state index contributed by atoms with van der Waals surface area (Å²) in [5, 5.41) is 10.2. The second-order valence-corrected chi connectivity index (χ2v) is 6.53. The van der Waals surface area contributed by atoms with Crippen LogP contribution in [0.15, 0.2) is 42.7 Å². The number of ether oxygens (including phenoxy) is 1. The number of rotatable bonds is 7. The molecule has 0 aliphatic rings. The van der Waals surface area contributed by atoms with Gasteiger partial charge in [-0.3, -0.25) is 4.79 Å². The molecule has 8 heteroatoms. The standard InChI is InChI=1S/C19H22FN5O2/c1-12(2)23-17-8-9-25-18(24-17)16(11-22-25)19(26)21-10-13(3)27-15-6-4-14(20)5-7-15/h4-9,11-13H,10H2,1-3H3,(H,21,26)(H,23,24)/t13-/m0/s1. The van der Waals surface area contributed by atoms with Crippen LogP contribution in [0.1, 0.15) is 31.1 Å². The Hall–Kier alpha value is -3.16. The summed E-state index contributed by atoms with van der Waals surface area (Å²) >= 11 is 0. The minimum absolute atomic E-state index is 0.226. The molecule has 2 N–H and O–H groups in total. The smallest absolute Gasteiger partial charge is 0.256 e. The predicted octanol–water partition coefficient (Wildman–Crippen LogP) is 2.89. The number of fused-ring (bicyclic) bond motifs is 1. The number of benzene rings is 1. The van der Waals surface area contributed by atoms with Crippen LogP contribution in [0.3, 0.4) is 0 Å². The zero-order chi connectivity index (χ0) is 19.4. The average Bonchev–Trinajstić information content (AvgIpc) is 3.04. The van der Waals surface area contributed by atoms with Gasteiger partial charge in [-0.1, -0.05) is 0 Å². The maximum absolute atomic E-state index is 12.9. The Morgan fingerprint density at radius 3 is 2.67 bits per heavy atom. The lowest BCUT2D eigenvalue weighted by Gasteiger charge is -2.15. The van der Waals surface area contributed by atoms with Gasteiger partial charge < -0.3 is 15.4 Å². The highest BCUT2D eigenvalue weighted by Crippen LogP contribution is 2.14. The number of halogens is 1. The van der Waals surface area contributed by atoms with Crippen molar-refractivity contribution in [1.29, 1.82) is 0 Å². The Labute approximate surface area is 156 Å². The molecule has 1 atom stereocenters. The van der Waals surface area contributed by atoms with E-state index >= 15 is 0 Å². The van der Waals surface area contributed by atoms with Crippen LogP contribution in [0.5, 0.6) is 5.75 Å². The number of carbonyl (C=O) groups is 1. The molecule has 0 fully saturated rings. The SMILES string of the molecule is CC(C)Nc1ccn2ncc(C(=O)NC[C@H](C)Oc3ccc(F)cc3)c2n1. The van der Waals surface area contributed by atoms with Gasteiger partial charge in [-0.15, -0.1) is 0 Å². The lowest BCUT2D eigenvalue weighted by molar-refractivity contribution is 0.0933. The summed E-state index contributed by atoms with van der Waals surface area (Å²) < 4.78 is 20.1. The van der Waals surface area contributed by atoms with Crippen LogP contribution in [0.2, 0.25) is 0 Å². The molecular weight excluding hydrogens is 349 g/mol. The Bertz CT molecular complexity index is 923. The fourth-order valence-electron chi connectivity index (χ4n) is 2.52. The number of carbonyl (C=O) groups excluding carboxylic acids is 1. The quantitative estimate of drug-likeness (QED) is 0.668. The highest BCUT2D eigenvalue weighted by atomic mass is 19.1. The molecular formula is C19H22FN5O2. The van der Waals surface area contributed by atoms with Gasteiger partial charge in [0.1, 0.15) is 29.1 Å². The number of amides is 1. The number of nitrogens with zero attached hydrogens (tertiary/aromatic N) is 3. The van der Waals surface area contributed by atoms with Gasteiger partial charge in [-0.05, 0) is 51.1 Å². The van der Waals surface area contributed by atoms with Crippen LogP contribution in [-0.2, 0) is 0 Å². The first-order valence-electron chi connectivity index (χ1n) is 8.73. The van der Waals surface area contributed by atoms with E-state index < -0.39 is 0 Å². The minimum Gasteiger partial charge on any atom is -0.489 e. The Morgan fingerprint density at radius 1 is 1.22 bits per heavy atom. The van der Waals surface area contributed by atoms with Crippen molar-refractivity contribution in [2.45, 2.75) is 32.9 Å². The molecule has 0 bridgehead atoms. The Balaban J connectivity index is 1.64. The Kier molecular flexibility index (Phi) is 5.54. The first kappa shape index (κ1) is 18.6. The van der Waals surface area contributed by atoms with E-state index in [1.165, 1.54) is 18.3 Å². The van der Waals surface area contributed by atoms with Crippen LogP contribution >= 0.6 is 0 Å². The molecule has 2 heterocycles. The lowest BCUT2D eigenvalue weighted by Crippen LogP contribution is -2.33. The van der Waals surface area contributed by atoms with Gasteiger partial charge in [0, 0.05) is 12.2 Å². The predicted molar refractivity (Wildman–Crippen MR) is 101 cm³/mol. The van der Waals surface area contributed by atoms with Crippen LogP contribution in [0, 0.1) is 5.82 Å². The fraction of sp³-hybridized carbons (Fsp3) is 0.316. The zero-order valence-corrected chi connectivity index (χ0v) is 15.4. The second kappa shape index (κ2) is 8.03. The molecule has 1 amide bonds. The number of anilines is 1. The summed E-state index contributed by atoms with van der Waals surface area (Å²) in [6.07, 6.45) is 2.96. The van der Waals surface area contributed by atoms with Crippen LogP contribution in [-0.4, -0.2) is 39.2 Å². The summed E-state index contributed by atoms with van der Waals surface area (Å²) in [4.78, 5) is 17.0. The number of aromatic nitrogens is 3. The van der Waals surface area contributed by atoms with E-state index in [1.54, 1.807) is 28.9 Å². The average molecular weight is 371 g/mol. The number of nitrogens with one attached hydrogen (secondary N) is 2. The highest BCUT2D eigenvalue weighted by Gasteiger charge is 2.16. The number of hydrogen-bond acceptors (Lipinski definition) is 5. The molecule has 0 spiro atoms. The van der Waals surface area contributed by atoms with E-state index in [0.717, 1.165) is 0 Å². The molecule has 142 valence electrons. The van der Waals surface area contributed by atoms with Crippen molar-refractivity contribution in [1.82, 2.24) is 19.9 Å². The van der Waals surface area contributed by atoms with Crippen molar-refractivity contribution in [2.24, 2.45) is 0 Å². The van der Waals surface area contributed by atoms with Crippen molar-refractivity contribution < 1.29 is 13.9 Å². The maximum Gasteiger partial charge on any atom is 0.256 e. The van der Waals surface area contributed by atoms with Crippen molar-refractivity contribution in [2.75, 3.05) is 11.9 Å². The molecule has 3 rings (SSSR count). The van der Waals surface area contributed by atoms with Crippen LogP contribution < -0.4 is 15.4 Å². The van der Waals surface area contributed by atoms with Crippen molar-refractivity contribution in [3.8, 4) is 5.75 Å². The van der Waals surface area contributed by atoms with Gasteiger partial charge in [0.05, 0.1) is 12.7 Å². The summed E-state index contributed by atoms with van der Waals surface area (Å²) in [5.41, 5.74) is 0.863. The minimum atomic E-state index is -0.324. The first-order chi connectivity index (χ1) is 12.9. The fourth-order valence-corrected chi connectivity index (χ4v) is 2.52. The van der Waals surface area contributed by atoms with Gasteiger partial charge >= 0.3 is 0 Å². The largest absolute Gasteiger partial charge is 0.489 e. The van der Waals surface area contributed by atoms with Gasteiger partial charge in [0.15, 0.2) is 5.65 Å². The summed E-state index contributed by atoms with van der Waals surface area (Å²) in [6.45, 7) is 6.14. The van der Waals surface area contributed by atoms with Gasteiger partial charge in [0.2, 0.25) is 0 Å². The van der Waals surface area contributed by atoms with E-state index in [4.69, 9.17) is 4.74 Å². The van der Waals surface area contributed by atoms with Gasteiger partial charge in [0.25, 0.3) is 5.91 Å². The highest BCUT2D eigenvalue weighted by molar-refractivity contribution is 5.99. The van der Waals surface area contributed by atoms with Gasteiger partial charge in [-0.2, -0.15) is 5.10 Å². The third-order valence-electron chi connectivity index (χ3n) is 3.75. The van der Waals surface area contributed by atoms with E-state index in [1.807, 2.05) is 20.8 Å². The summed E-state index contributed by atoms with van der Waals surface area (Å²) in [5.74, 6) is 0.615. The second-order valence-electron chi connectivity index (χ2n) is 6.53. The van der Waals surface area contributed by atoms with E-state index in [9.17, 15) is 9.18 Å². The van der Waals surface area contributed by atoms with Crippen LogP contribution in [0.25, 0.3) is 5.65 Å². The van der Waals surface area contributed by atoms with Gasteiger partial charge in [-0.25, -0.2) is 13.9 Å².